The number of aromatic amines is 1. The van der Waals surface area contributed by atoms with Crippen LogP contribution in [0.15, 0.2) is 51.7 Å². The number of carbonyl (C=O) groups excluding carboxylic acids is 1. The summed E-state index contributed by atoms with van der Waals surface area (Å²) in [6, 6.07) is 6.95. The number of fused-ring (bicyclic) bond motifs is 2. The summed E-state index contributed by atoms with van der Waals surface area (Å²) in [5.41, 5.74) is 0.736. The molecule has 0 bridgehead atoms. The zero-order valence-corrected chi connectivity index (χ0v) is 18.2. The van der Waals surface area contributed by atoms with Crippen LogP contribution in [0.1, 0.15) is 45.9 Å². The fraction of sp³-hybridized carbons (Fsp3) is 0.217. The number of furan rings is 1. The van der Waals surface area contributed by atoms with Gasteiger partial charge in [-0.1, -0.05) is 12.1 Å². The van der Waals surface area contributed by atoms with Crippen LogP contribution in [0.3, 0.4) is 0 Å². The normalized spacial score (nSPS) is 15.8. The number of nitrogens with zero attached hydrogens (tertiary/aromatic N) is 5. The molecule has 178 valence electrons. The molecule has 0 saturated carbocycles. The van der Waals surface area contributed by atoms with Crippen molar-refractivity contribution in [3.63, 3.8) is 0 Å². The molecule has 1 aliphatic rings. The van der Waals surface area contributed by atoms with E-state index in [2.05, 4.69) is 20.1 Å². The van der Waals surface area contributed by atoms with Gasteiger partial charge in [-0.3, -0.25) is 9.48 Å². The number of halogens is 3. The molecule has 6 rings (SSSR count). The standard InChI is InChI=1S/C23H17F3N6O3/c1-31-8-6-13(30-31)22-29-17(21(25)26)20(35-22)23(33)32-9-7-12-16(28-10-27-12)18(32)19-15(24)11-4-2-3-5-14(11)34-19/h2-6,8,10,18,21H,7,9H2,1H3,(H,27,28)/t18-/m0/s1. The average Bonchev–Trinajstić information content (AvgIpc) is 3.64. The Morgan fingerprint density at radius 1 is 1.23 bits per heavy atom. The lowest BCUT2D eigenvalue weighted by Gasteiger charge is -2.33. The maximum absolute atomic E-state index is 15.5. The highest BCUT2D eigenvalue weighted by atomic mass is 19.3. The first-order valence-electron chi connectivity index (χ1n) is 10.7. The highest BCUT2D eigenvalue weighted by Crippen LogP contribution is 2.40. The third-order valence-electron chi connectivity index (χ3n) is 5.98. The molecule has 12 heteroatoms. The Morgan fingerprint density at radius 3 is 2.80 bits per heavy atom. The number of imidazole rings is 1. The van der Waals surface area contributed by atoms with E-state index in [-0.39, 0.29) is 29.3 Å². The average molecular weight is 482 g/mol. The number of hydrogen-bond donors (Lipinski definition) is 1. The van der Waals surface area contributed by atoms with Crippen molar-refractivity contribution in [2.45, 2.75) is 18.9 Å². The molecule has 0 spiro atoms. The van der Waals surface area contributed by atoms with E-state index in [9.17, 15) is 13.6 Å². The highest BCUT2D eigenvalue weighted by Gasteiger charge is 2.42. The number of carbonyl (C=O) groups is 1. The van der Waals surface area contributed by atoms with Crippen molar-refractivity contribution < 1.29 is 26.8 Å². The van der Waals surface area contributed by atoms with Crippen molar-refractivity contribution in [2.24, 2.45) is 7.05 Å². The van der Waals surface area contributed by atoms with Crippen LogP contribution in [0, 0.1) is 5.82 Å². The molecule has 4 aromatic heterocycles. The van der Waals surface area contributed by atoms with Gasteiger partial charge in [-0.15, -0.1) is 0 Å². The van der Waals surface area contributed by atoms with E-state index in [4.69, 9.17) is 8.83 Å². The Morgan fingerprint density at radius 2 is 2.06 bits per heavy atom. The molecular weight excluding hydrogens is 465 g/mol. The number of oxazole rings is 1. The fourth-order valence-corrected chi connectivity index (χ4v) is 4.37. The van der Waals surface area contributed by atoms with Gasteiger partial charge in [0.05, 0.1) is 17.4 Å². The molecule has 5 aromatic rings. The van der Waals surface area contributed by atoms with E-state index in [1.54, 1.807) is 37.5 Å². The number of nitrogens with one attached hydrogen (secondary N) is 1. The van der Waals surface area contributed by atoms with E-state index >= 15 is 4.39 Å². The molecule has 9 nitrogen and oxygen atoms in total. The second-order valence-electron chi connectivity index (χ2n) is 8.10. The molecule has 35 heavy (non-hydrogen) atoms. The number of alkyl halides is 2. The molecule has 0 saturated heterocycles. The topological polar surface area (TPSA) is 106 Å². The van der Waals surface area contributed by atoms with Crippen LogP contribution in [0.25, 0.3) is 22.6 Å². The van der Waals surface area contributed by atoms with Crippen LogP contribution < -0.4 is 0 Å². The Balaban J connectivity index is 1.48. The number of aromatic nitrogens is 5. The van der Waals surface area contributed by atoms with Gasteiger partial charge >= 0.3 is 0 Å². The molecule has 5 heterocycles. The summed E-state index contributed by atoms with van der Waals surface area (Å²) in [7, 11) is 1.65. The van der Waals surface area contributed by atoms with Crippen LogP contribution in [-0.4, -0.2) is 42.1 Å². The molecule has 0 fully saturated rings. The second-order valence-corrected chi connectivity index (χ2v) is 8.10. The van der Waals surface area contributed by atoms with Crippen molar-refractivity contribution in [1.29, 1.82) is 0 Å². The van der Waals surface area contributed by atoms with Crippen LogP contribution in [0.4, 0.5) is 13.2 Å². The monoisotopic (exact) mass is 482 g/mol. The maximum atomic E-state index is 15.5. The van der Waals surface area contributed by atoms with E-state index in [1.807, 2.05) is 0 Å². The zero-order chi connectivity index (χ0) is 24.3. The summed E-state index contributed by atoms with van der Waals surface area (Å²) in [4.78, 5) is 26.0. The van der Waals surface area contributed by atoms with Crippen LogP contribution in [0.2, 0.25) is 0 Å². The molecule has 0 unspecified atom stereocenters. The van der Waals surface area contributed by atoms with Gasteiger partial charge in [0.1, 0.15) is 17.3 Å². The van der Waals surface area contributed by atoms with E-state index in [1.165, 1.54) is 22.0 Å². The SMILES string of the molecule is Cn1ccc(-c2nc(C(F)F)c(C(=O)N3CCc4[nH]cnc4[C@H]3c3oc4ccccc4c3F)o2)n1. The predicted octanol–water partition coefficient (Wildman–Crippen LogP) is 4.41. The largest absolute Gasteiger partial charge is 0.455 e. The van der Waals surface area contributed by atoms with Crippen molar-refractivity contribution in [2.75, 3.05) is 6.54 Å². The Labute approximate surface area is 195 Å². The summed E-state index contributed by atoms with van der Waals surface area (Å²) >= 11 is 0. The first kappa shape index (κ1) is 21.2. The van der Waals surface area contributed by atoms with E-state index in [0.717, 1.165) is 0 Å². The van der Waals surface area contributed by atoms with Crippen LogP contribution >= 0.6 is 0 Å². The minimum Gasteiger partial charge on any atom is -0.455 e. The van der Waals surface area contributed by atoms with Gasteiger partial charge in [0, 0.05) is 31.9 Å². The summed E-state index contributed by atoms with van der Waals surface area (Å²) in [6.07, 6.45) is 0.296. The van der Waals surface area contributed by atoms with Gasteiger partial charge in [0.2, 0.25) is 11.7 Å². The molecule has 0 radical (unpaired) electrons. The number of para-hydroxylation sites is 1. The van der Waals surface area contributed by atoms with Gasteiger partial charge < -0.3 is 18.7 Å². The quantitative estimate of drug-likeness (QED) is 0.407. The number of aryl methyl sites for hydroxylation is 1. The summed E-state index contributed by atoms with van der Waals surface area (Å²) in [6.45, 7) is 0.0808. The first-order chi connectivity index (χ1) is 16.9. The Hall–Kier alpha value is -4.35. The van der Waals surface area contributed by atoms with Gasteiger partial charge in [-0.05, 0) is 18.2 Å². The number of rotatable bonds is 4. The molecule has 0 aliphatic carbocycles. The van der Waals surface area contributed by atoms with Gasteiger partial charge in [0.25, 0.3) is 12.3 Å². The van der Waals surface area contributed by atoms with Crippen molar-refractivity contribution in [3.05, 3.63) is 77.3 Å². The van der Waals surface area contributed by atoms with Crippen molar-refractivity contribution in [1.82, 2.24) is 29.6 Å². The van der Waals surface area contributed by atoms with E-state index < -0.39 is 35.6 Å². The molecular formula is C23H17F3N6O3. The number of benzene rings is 1. The molecule has 1 atom stereocenters. The predicted molar refractivity (Wildman–Crippen MR) is 115 cm³/mol. The third-order valence-corrected chi connectivity index (χ3v) is 5.98. The number of hydrogen-bond acceptors (Lipinski definition) is 6. The lowest BCUT2D eigenvalue weighted by Crippen LogP contribution is -2.41. The van der Waals surface area contributed by atoms with Crippen LogP contribution in [0.5, 0.6) is 0 Å². The fourth-order valence-electron chi connectivity index (χ4n) is 4.37. The lowest BCUT2D eigenvalue weighted by atomic mass is 9.99. The van der Waals surface area contributed by atoms with Gasteiger partial charge in [0.15, 0.2) is 17.3 Å². The third kappa shape index (κ3) is 3.32. The molecule has 1 aromatic carbocycles. The van der Waals surface area contributed by atoms with Crippen molar-refractivity contribution in [3.8, 4) is 11.6 Å². The van der Waals surface area contributed by atoms with Gasteiger partial charge in [-0.25, -0.2) is 23.1 Å². The minimum atomic E-state index is -3.08. The molecule has 1 amide bonds. The van der Waals surface area contributed by atoms with Crippen molar-refractivity contribution >= 4 is 16.9 Å². The van der Waals surface area contributed by atoms with Gasteiger partial charge in [-0.2, -0.15) is 5.10 Å². The second kappa shape index (κ2) is 7.86. The first-order valence-corrected chi connectivity index (χ1v) is 10.7. The van der Waals surface area contributed by atoms with Crippen LogP contribution in [-0.2, 0) is 13.5 Å². The summed E-state index contributed by atoms with van der Waals surface area (Å²) in [5, 5.41) is 4.34. The summed E-state index contributed by atoms with van der Waals surface area (Å²) < 4.78 is 56.0. The number of H-pyrrole nitrogens is 1. The lowest BCUT2D eigenvalue weighted by molar-refractivity contribution is 0.0622. The Kier molecular flexibility index (Phi) is 4.76. The zero-order valence-electron chi connectivity index (χ0n) is 18.2. The highest BCUT2D eigenvalue weighted by molar-refractivity contribution is 5.94. The molecule has 1 N–H and O–H groups in total. The maximum Gasteiger partial charge on any atom is 0.292 e. The minimum absolute atomic E-state index is 0.0808. The number of amides is 1. The molecule has 1 aliphatic heterocycles. The van der Waals surface area contributed by atoms with E-state index in [0.29, 0.717) is 23.4 Å². The Bertz CT molecular complexity index is 1570. The smallest absolute Gasteiger partial charge is 0.292 e. The summed E-state index contributed by atoms with van der Waals surface area (Å²) in [5.74, 6) is -2.53.